The summed E-state index contributed by atoms with van der Waals surface area (Å²) in [5.41, 5.74) is 1.75. The molecule has 7 nitrogen and oxygen atoms in total. The van der Waals surface area contributed by atoms with Crippen LogP contribution in [0.2, 0.25) is 0 Å². The highest BCUT2D eigenvalue weighted by atomic mass is 16.6. The van der Waals surface area contributed by atoms with Crippen LogP contribution in [0.15, 0.2) is 24.3 Å². The minimum atomic E-state index is -0.285. The van der Waals surface area contributed by atoms with E-state index < -0.39 is 0 Å². The number of carbonyl (C=O) groups excluding carboxylic acids is 3. The molecule has 0 N–H and O–H groups in total. The second kappa shape index (κ2) is 5.81. The van der Waals surface area contributed by atoms with E-state index >= 15 is 0 Å². The fraction of sp³-hybridized carbons (Fsp3) is 0.471. The van der Waals surface area contributed by atoms with E-state index in [0.717, 1.165) is 11.1 Å². The van der Waals surface area contributed by atoms with Crippen molar-refractivity contribution < 1.29 is 19.1 Å². The lowest BCUT2D eigenvalue weighted by molar-refractivity contribution is -0.133. The normalized spacial score (nSPS) is 22.5. The highest BCUT2D eigenvalue weighted by Gasteiger charge is 2.38. The third-order valence-corrected chi connectivity index (χ3v) is 4.96. The molecule has 0 bridgehead atoms. The molecule has 1 aromatic rings. The summed E-state index contributed by atoms with van der Waals surface area (Å²) in [6.07, 6.45) is 0.0221. The lowest BCUT2D eigenvalue weighted by atomic mass is 10.1. The number of piperazine rings is 1. The Morgan fingerprint density at radius 1 is 1.21 bits per heavy atom. The molecular weight excluding hydrogens is 310 g/mol. The quantitative estimate of drug-likeness (QED) is 0.818. The molecule has 126 valence electrons. The summed E-state index contributed by atoms with van der Waals surface area (Å²) >= 11 is 0. The van der Waals surface area contributed by atoms with Gasteiger partial charge in [-0.1, -0.05) is 18.2 Å². The van der Waals surface area contributed by atoms with Gasteiger partial charge in [0, 0.05) is 44.7 Å². The molecule has 7 heteroatoms. The maximum atomic E-state index is 12.4. The number of hydrogen-bond acceptors (Lipinski definition) is 4. The standard InChI is InChI=1S/C17H19N3O4/c21-15(18-7-8-20-13(10-18)11-24-17(20)23)5-6-19-9-12-3-1-2-4-14(12)16(19)22/h1-4,13H,5-11H2/t13-/m1/s1. The van der Waals surface area contributed by atoms with Crippen LogP contribution in [0.1, 0.15) is 22.3 Å². The molecule has 0 aromatic heterocycles. The van der Waals surface area contributed by atoms with Gasteiger partial charge in [0.2, 0.25) is 5.91 Å². The third-order valence-electron chi connectivity index (χ3n) is 4.96. The van der Waals surface area contributed by atoms with Gasteiger partial charge in [0.1, 0.15) is 6.61 Å². The van der Waals surface area contributed by atoms with Gasteiger partial charge in [0.25, 0.3) is 5.91 Å². The van der Waals surface area contributed by atoms with Crippen molar-refractivity contribution in [1.82, 2.24) is 14.7 Å². The Morgan fingerprint density at radius 2 is 2.04 bits per heavy atom. The average Bonchev–Trinajstić information content (AvgIpc) is 3.13. The number of carbonyl (C=O) groups is 3. The fourth-order valence-corrected chi connectivity index (χ4v) is 3.60. The molecule has 4 rings (SSSR count). The maximum absolute atomic E-state index is 12.4. The van der Waals surface area contributed by atoms with Gasteiger partial charge >= 0.3 is 6.09 Å². The first-order chi connectivity index (χ1) is 11.6. The van der Waals surface area contributed by atoms with Gasteiger partial charge in [-0.15, -0.1) is 0 Å². The van der Waals surface area contributed by atoms with Crippen LogP contribution in [0, 0.1) is 0 Å². The SMILES string of the molecule is O=C(CCN1Cc2ccccc2C1=O)N1CCN2C(=O)OC[C@H]2C1. The molecule has 0 aliphatic carbocycles. The first-order valence-corrected chi connectivity index (χ1v) is 8.22. The molecule has 1 aromatic carbocycles. The summed E-state index contributed by atoms with van der Waals surface area (Å²) in [6, 6.07) is 7.52. The zero-order valence-electron chi connectivity index (χ0n) is 13.3. The molecule has 3 aliphatic heterocycles. The highest BCUT2D eigenvalue weighted by molar-refractivity contribution is 5.98. The van der Waals surface area contributed by atoms with E-state index in [-0.39, 0.29) is 23.9 Å². The van der Waals surface area contributed by atoms with Crippen molar-refractivity contribution >= 4 is 17.9 Å². The van der Waals surface area contributed by atoms with Gasteiger partial charge in [-0.05, 0) is 11.6 Å². The fourth-order valence-electron chi connectivity index (χ4n) is 3.60. The Bertz CT molecular complexity index is 705. The smallest absolute Gasteiger partial charge is 0.410 e. The van der Waals surface area contributed by atoms with E-state index in [1.165, 1.54) is 0 Å². The van der Waals surface area contributed by atoms with Crippen molar-refractivity contribution in [3.05, 3.63) is 35.4 Å². The van der Waals surface area contributed by atoms with Crippen molar-refractivity contribution in [1.29, 1.82) is 0 Å². The number of fused-ring (bicyclic) bond motifs is 2. The molecule has 3 heterocycles. The van der Waals surface area contributed by atoms with Gasteiger partial charge in [-0.3, -0.25) is 14.5 Å². The molecule has 2 fully saturated rings. The van der Waals surface area contributed by atoms with E-state index in [2.05, 4.69) is 0 Å². The van der Waals surface area contributed by atoms with E-state index in [9.17, 15) is 14.4 Å². The van der Waals surface area contributed by atoms with Crippen molar-refractivity contribution in [2.24, 2.45) is 0 Å². The number of amides is 3. The summed E-state index contributed by atoms with van der Waals surface area (Å²) < 4.78 is 5.02. The monoisotopic (exact) mass is 329 g/mol. The summed E-state index contributed by atoms with van der Waals surface area (Å²) in [6.45, 7) is 2.90. The molecule has 1 atom stereocenters. The van der Waals surface area contributed by atoms with Crippen LogP contribution in [0.4, 0.5) is 4.79 Å². The summed E-state index contributed by atoms with van der Waals surface area (Å²) in [5, 5.41) is 0. The van der Waals surface area contributed by atoms with Crippen LogP contribution >= 0.6 is 0 Å². The number of nitrogens with zero attached hydrogens (tertiary/aromatic N) is 3. The molecule has 24 heavy (non-hydrogen) atoms. The molecule has 3 aliphatic rings. The lowest BCUT2D eigenvalue weighted by Gasteiger charge is -2.35. The lowest BCUT2D eigenvalue weighted by Crippen LogP contribution is -2.54. The minimum Gasteiger partial charge on any atom is -0.447 e. The molecule has 0 radical (unpaired) electrons. The van der Waals surface area contributed by atoms with Crippen LogP contribution in [-0.4, -0.2) is 71.4 Å². The predicted molar refractivity (Wildman–Crippen MR) is 84.2 cm³/mol. The Balaban J connectivity index is 1.32. The van der Waals surface area contributed by atoms with Gasteiger partial charge in [0.05, 0.1) is 6.04 Å². The minimum absolute atomic E-state index is 0.00184. The largest absolute Gasteiger partial charge is 0.447 e. The molecule has 0 spiro atoms. The number of cyclic esters (lactones) is 1. The van der Waals surface area contributed by atoms with Gasteiger partial charge < -0.3 is 14.5 Å². The Kier molecular flexibility index (Phi) is 3.63. The number of rotatable bonds is 3. The topological polar surface area (TPSA) is 70.2 Å². The Labute approximate surface area is 139 Å². The molecule has 3 amide bonds. The summed E-state index contributed by atoms with van der Waals surface area (Å²) in [4.78, 5) is 41.4. The first kappa shape index (κ1) is 15.0. The molecular formula is C17H19N3O4. The number of ether oxygens (including phenoxy) is 1. The van der Waals surface area contributed by atoms with Crippen LogP contribution in [0.3, 0.4) is 0 Å². The summed E-state index contributed by atoms with van der Waals surface area (Å²) in [5.74, 6) is 0.0239. The van der Waals surface area contributed by atoms with Gasteiger partial charge in [-0.2, -0.15) is 0 Å². The first-order valence-electron chi connectivity index (χ1n) is 8.22. The predicted octanol–water partition coefficient (Wildman–Crippen LogP) is 0.696. The second-order valence-corrected chi connectivity index (χ2v) is 6.40. The molecule has 0 unspecified atom stereocenters. The maximum Gasteiger partial charge on any atom is 0.410 e. The third kappa shape index (κ3) is 2.50. The highest BCUT2D eigenvalue weighted by Crippen LogP contribution is 2.23. The van der Waals surface area contributed by atoms with E-state index in [1.54, 1.807) is 14.7 Å². The number of hydrogen-bond donors (Lipinski definition) is 0. The zero-order chi connectivity index (χ0) is 16.7. The molecule has 0 saturated carbocycles. The second-order valence-electron chi connectivity index (χ2n) is 6.40. The van der Waals surface area contributed by atoms with Gasteiger partial charge in [0.15, 0.2) is 0 Å². The molecule has 2 saturated heterocycles. The van der Waals surface area contributed by atoms with Gasteiger partial charge in [-0.25, -0.2) is 4.79 Å². The van der Waals surface area contributed by atoms with Crippen molar-refractivity contribution in [3.63, 3.8) is 0 Å². The van der Waals surface area contributed by atoms with E-state index in [0.29, 0.717) is 45.8 Å². The van der Waals surface area contributed by atoms with Crippen molar-refractivity contribution in [3.8, 4) is 0 Å². The van der Waals surface area contributed by atoms with E-state index in [4.69, 9.17) is 4.74 Å². The van der Waals surface area contributed by atoms with Crippen LogP contribution < -0.4 is 0 Å². The number of benzene rings is 1. The zero-order valence-corrected chi connectivity index (χ0v) is 13.3. The van der Waals surface area contributed by atoms with Crippen LogP contribution in [0.5, 0.6) is 0 Å². The summed E-state index contributed by atoms with van der Waals surface area (Å²) in [7, 11) is 0. The Morgan fingerprint density at radius 3 is 2.88 bits per heavy atom. The van der Waals surface area contributed by atoms with E-state index in [1.807, 2.05) is 24.3 Å². The Hall–Kier alpha value is -2.57. The van der Waals surface area contributed by atoms with Crippen LogP contribution in [-0.2, 0) is 16.1 Å². The van der Waals surface area contributed by atoms with Crippen LogP contribution in [0.25, 0.3) is 0 Å². The average molecular weight is 329 g/mol. The van der Waals surface area contributed by atoms with Crippen molar-refractivity contribution in [2.45, 2.75) is 19.0 Å². The van der Waals surface area contributed by atoms with Crippen molar-refractivity contribution in [2.75, 3.05) is 32.8 Å².